The molecule has 1 aromatic carbocycles. The van der Waals surface area contributed by atoms with Crippen LogP contribution in [0.1, 0.15) is 27.3 Å². The summed E-state index contributed by atoms with van der Waals surface area (Å²) in [5, 5.41) is 10.4. The van der Waals surface area contributed by atoms with Crippen LogP contribution in [0.15, 0.2) is 54.9 Å². The van der Waals surface area contributed by atoms with Crippen molar-refractivity contribution in [2.24, 2.45) is 7.05 Å². The van der Waals surface area contributed by atoms with Crippen molar-refractivity contribution >= 4 is 11.6 Å². The summed E-state index contributed by atoms with van der Waals surface area (Å²) >= 11 is 0. The summed E-state index contributed by atoms with van der Waals surface area (Å²) in [5.41, 5.74) is 4.53. The number of rotatable bonds is 6. The third-order valence-corrected chi connectivity index (χ3v) is 4.11. The topological polar surface area (TPSA) is 71.8 Å². The standard InChI is InChI=1S/C19H21N5O/c1-14-16(13-23-24(14)2)12-21-17-8-9-20-18(10-17)19(25)22-11-15-6-4-3-5-7-15/h3-10,13H,11-12H2,1-2H3,(H,20,21)(H,22,25). The van der Waals surface area contributed by atoms with E-state index in [0.29, 0.717) is 18.8 Å². The number of nitrogens with zero attached hydrogens (tertiary/aromatic N) is 3. The van der Waals surface area contributed by atoms with E-state index in [2.05, 4.69) is 20.7 Å². The highest BCUT2D eigenvalue weighted by Gasteiger charge is 2.08. The molecule has 0 saturated heterocycles. The zero-order valence-electron chi connectivity index (χ0n) is 14.4. The number of carbonyl (C=O) groups excluding carboxylic acids is 1. The average molecular weight is 335 g/mol. The van der Waals surface area contributed by atoms with Crippen molar-refractivity contribution in [2.75, 3.05) is 5.32 Å². The van der Waals surface area contributed by atoms with E-state index in [9.17, 15) is 4.79 Å². The van der Waals surface area contributed by atoms with Gasteiger partial charge < -0.3 is 10.6 Å². The van der Waals surface area contributed by atoms with Crippen molar-refractivity contribution < 1.29 is 4.79 Å². The Morgan fingerprint density at radius 1 is 1.16 bits per heavy atom. The lowest BCUT2D eigenvalue weighted by Gasteiger charge is -2.08. The molecule has 25 heavy (non-hydrogen) atoms. The molecule has 2 N–H and O–H groups in total. The van der Waals surface area contributed by atoms with Crippen LogP contribution >= 0.6 is 0 Å². The van der Waals surface area contributed by atoms with E-state index >= 15 is 0 Å². The lowest BCUT2D eigenvalue weighted by atomic mass is 10.2. The number of benzene rings is 1. The zero-order valence-corrected chi connectivity index (χ0v) is 14.4. The molecule has 0 saturated carbocycles. The Bertz CT molecular complexity index is 857. The first kappa shape index (κ1) is 16.7. The molecule has 6 heteroatoms. The fraction of sp³-hybridized carbons (Fsp3) is 0.211. The number of amides is 1. The maximum atomic E-state index is 12.3. The van der Waals surface area contributed by atoms with Gasteiger partial charge >= 0.3 is 0 Å². The summed E-state index contributed by atoms with van der Waals surface area (Å²) in [6.07, 6.45) is 3.48. The van der Waals surface area contributed by atoms with E-state index in [1.807, 2.05) is 61.2 Å². The molecule has 0 aliphatic rings. The van der Waals surface area contributed by atoms with Crippen LogP contribution in [0, 0.1) is 6.92 Å². The van der Waals surface area contributed by atoms with Gasteiger partial charge in [0.2, 0.25) is 0 Å². The minimum Gasteiger partial charge on any atom is -0.381 e. The molecule has 3 rings (SSSR count). The molecular weight excluding hydrogens is 314 g/mol. The second kappa shape index (κ2) is 7.61. The predicted octanol–water partition coefficient (Wildman–Crippen LogP) is 2.67. The van der Waals surface area contributed by atoms with E-state index < -0.39 is 0 Å². The van der Waals surface area contributed by atoms with E-state index in [-0.39, 0.29) is 5.91 Å². The lowest BCUT2D eigenvalue weighted by Crippen LogP contribution is -2.23. The number of hydrogen-bond donors (Lipinski definition) is 2. The molecule has 0 spiro atoms. The summed E-state index contributed by atoms with van der Waals surface area (Å²) < 4.78 is 1.84. The third kappa shape index (κ3) is 4.23. The SMILES string of the molecule is Cc1c(CNc2ccnc(C(=O)NCc3ccccc3)c2)cnn1C. The second-order valence-corrected chi connectivity index (χ2v) is 5.83. The third-order valence-electron chi connectivity index (χ3n) is 4.11. The molecule has 2 heterocycles. The summed E-state index contributed by atoms with van der Waals surface area (Å²) in [6.45, 7) is 3.15. The quantitative estimate of drug-likeness (QED) is 0.726. The Morgan fingerprint density at radius 2 is 1.96 bits per heavy atom. The van der Waals surface area contributed by atoms with Crippen LogP contribution in [-0.4, -0.2) is 20.7 Å². The molecule has 0 bridgehead atoms. The summed E-state index contributed by atoms with van der Waals surface area (Å²) in [6, 6.07) is 13.4. The minimum absolute atomic E-state index is 0.190. The molecule has 0 unspecified atom stereocenters. The van der Waals surface area contributed by atoms with Crippen LogP contribution in [0.2, 0.25) is 0 Å². The molecule has 128 valence electrons. The van der Waals surface area contributed by atoms with Gasteiger partial charge in [0.05, 0.1) is 6.20 Å². The monoisotopic (exact) mass is 335 g/mol. The number of carbonyl (C=O) groups is 1. The van der Waals surface area contributed by atoms with Gasteiger partial charge in [0.15, 0.2) is 0 Å². The Morgan fingerprint density at radius 3 is 2.68 bits per heavy atom. The highest BCUT2D eigenvalue weighted by atomic mass is 16.1. The average Bonchev–Trinajstić information content (AvgIpc) is 2.97. The molecule has 2 aromatic heterocycles. The van der Waals surface area contributed by atoms with Crippen LogP contribution in [0.3, 0.4) is 0 Å². The first-order valence-corrected chi connectivity index (χ1v) is 8.13. The number of pyridine rings is 1. The molecule has 0 fully saturated rings. The van der Waals surface area contributed by atoms with Gasteiger partial charge in [0.25, 0.3) is 5.91 Å². The summed E-state index contributed by atoms with van der Waals surface area (Å²) in [4.78, 5) is 16.4. The van der Waals surface area contributed by atoms with Gasteiger partial charge in [-0.3, -0.25) is 14.5 Å². The number of nitrogens with one attached hydrogen (secondary N) is 2. The van der Waals surface area contributed by atoms with Crippen molar-refractivity contribution in [1.82, 2.24) is 20.1 Å². The Labute approximate surface area is 146 Å². The van der Waals surface area contributed by atoms with Gasteiger partial charge in [-0.15, -0.1) is 0 Å². The summed E-state index contributed by atoms with van der Waals surface area (Å²) in [7, 11) is 1.92. The van der Waals surface area contributed by atoms with Crippen LogP contribution in [0.5, 0.6) is 0 Å². The van der Waals surface area contributed by atoms with Crippen molar-refractivity contribution in [1.29, 1.82) is 0 Å². The van der Waals surface area contributed by atoms with Crippen molar-refractivity contribution in [3.8, 4) is 0 Å². The maximum Gasteiger partial charge on any atom is 0.270 e. The summed E-state index contributed by atoms with van der Waals surface area (Å²) in [5.74, 6) is -0.190. The van der Waals surface area contributed by atoms with Crippen molar-refractivity contribution in [3.05, 3.63) is 77.4 Å². The van der Waals surface area contributed by atoms with E-state index in [1.54, 1.807) is 12.3 Å². The Kier molecular flexibility index (Phi) is 5.09. The normalized spacial score (nSPS) is 10.5. The van der Waals surface area contributed by atoms with Gasteiger partial charge in [-0.1, -0.05) is 30.3 Å². The van der Waals surface area contributed by atoms with E-state index in [1.165, 1.54) is 0 Å². The highest BCUT2D eigenvalue weighted by Crippen LogP contribution is 2.12. The molecule has 1 amide bonds. The largest absolute Gasteiger partial charge is 0.381 e. The van der Waals surface area contributed by atoms with Crippen molar-refractivity contribution in [2.45, 2.75) is 20.0 Å². The van der Waals surface area contributed by atoms with Gasteiger partial charge in [0.1, 0.15) is 5.69 Å². The number of aromatic nitrogens is 3. The van der Waals surface area contributed by atoms with E-state index in [0.717, 1.165) is 22.5 Å². The second-order valence-electron chi connectivity index (χ2n) is 5.83. The van der Waals surface area contributed by atoms with Crippen molar-refractivity contribution in [3.63, 3.8) is 0 Å². The first-order chi connectivity index (χ1) is 12.1. The fourth-order valence-corrected chi connectivity index (χ4v) is 2.45. The van der Waals surface area contributed by atoms with Crippen LogP contribution in [0.4, 0.5) is 5.69 Å². The maximum absolute atomic E-state index is 12.3. The smallest absolute Gasteiger partial charge is 0.270 e. The van der Waals surface area contributed by atoms with Gasteiger partial charge in [0, 0.05) is 43.3 Å². The van der Waals surface area contributed by atoms with E-state index in [4.69, 9.17) is 0 Å². The van der Waals surface area contributed by atoms with Gasteiger partial charge in [-0.05, 0) is 24.6 Å². The molecule has 0 atom stereocenters. The molecular formula is C19H21N5O. The Balaban J connectivity index is 1.60. The lowest BCUT2D eigenvalue weighted by molar-refractivity contribution is 0.0946. The predicted molar refractivity (Wildman–Crippen MR) is 97.1 cm³/mol. The van der Waals surface area contributed by atoms with Crippen LogP contribution < -0.4 is 10.6 Å². The van der Waals surface area contributed by atoms with Gasteiger partial charge in [-0.25, -0.2) is 0 Å². The zero-order chi connectivity index (χ0) is 17.6. The molecule has 6 nitrogen and oxygen atoms in total. The minimum atomic E-state index is -0.190. The molecule has 0 aliphatic carbocycles. The number of hydrogen-bond acceptors (Lipinski definition) is 4. The molecule has 0 radical (unpaired) electrons. The fourth-order valence-electron chi connectivity index (χ4n) is 2.45. The highest BCUT2D eigenvalue weighted by molar-refractivity contribution is 5.93. The number of aryl methyl sites for hydroxylation is 1. The molecule has 3 aromatic rings. The first-order valence-electron chi connectivity index (χ1n) is 8.13. The van der Waals surface area contributed by atoms with Gasteiger partial charge in [-0.2, -0.15) is 5.10 Å². The number of anilines is 1. The van der Waals surface area contributed by atoms with Crippen LogP contribution in [0.25, 0.3) is 0 Å². The molecule has 0 aliphatic heterocycles. The van der Waals surface area contributed by atoms with Crippen LogP contribution in [-0.2, 0) is 20.1 Å². The Hall–Kier alpha value is -3.15.